The fraction of sp³-hybridized carbons (Fsp3) is 0.242. The van der Waals surface area contributed by atoms with Crippen LogP contribution < -0.4 is 5.32 Å². The number of halogens is 1. The maximum absolute atomic E-state index is 14.6. The standard InChI is InChI=1S/C33H30ClN3O3S2/c34-24-13-11-23(12-14-24)28-29(31(38)26-8-4-20-41-26)25(15-10-22-6-2-1-3-7-22)37(32(39)27-9-5-21-42-27)30(28)33(40)36-18-16-35-17-19-36/h1-15,20-21,25,28-30,35H,16-19H2. The van der Waals surface area contributed by atoms with Crippen LogP contribution in [0.1, 0.15) is 36.4 Å². The molecule has 2 aromatic heterocycles. The van der Waals surface area contributed by atoms with Crippen LogP contribution in [0.4, 0.5) is 0 Å². The summed E-state index contributed by atoms with van der Waals surface area (Å²) in [5.41, 5.74) is 1.76. The van der Waals surface area contributed by atoms with Gasteiger partial charge in [-0.3, -0.25) is 14.4 Å². The highest BCUT2D eigenvalue weighted by Gasteiger charge is 2.57. The molecule has 1 N–H and O–H groups in total. The van der Waals surface area contributed by atoms with Gasteiger partial charge >= 0.3 is 0 Å². The van der Waals surface area contributed by atoms with Crippen molar-refractivity contribution in [2.45, 2.75) is 18.0 Å². The monoisotopic (exact) mass is 615 g/mol. The Balaban J connectivity index is 1.55. The highest BCUT2D eigenvalue weighted by molar-refractivity contribution is 7.12. The van der Waals surface area contributed by atoms with E-state index < -0.39 is 23.9 Å². The third-order valence-electron chi connectivity index (χ3n) is 7.97. The molecule has 4 atom stereocenters. The van der Waals surface area contributed by atoms with Gasteiger partial charge in [-0.2, -0.15) is 0 Å². The van der Waals surface area contributed by atoms with Crippen molar-refractivity contribution < 1.29 is 14.4 Å². The van der Waals surface area contributed by atoms with E-state index >= 15 is 0 Å². The van der Waals surface area contributed by atoms with E-state index in [0.717, 1.165) is 11.1 Å². The van der Waals surface area contributed by atoms with E-state index in [1.165, 1.54) is 22.7 Å². The van der Waals surface area contributed by atoms with Crippen LogP contribution in [-0.4, -0.2) is 65.7 Å². The van der Waals surface area contributed by atoms with Gasteiger partial charge in [-0.15, -0.1) is 22.7 Å². The van der Waals surface area contributed by atoms with E-state index in [0.29, 0.717) is 41.0 Å². The van der Waals surface area contributed by atoms with Gasteiger partial charge in [0.05, 0.1) is 21.7 Å². The smallest absolute Gasteiger partial charge is 0.265 e. The summed E-state index contributed by atoms with van der Waals surface area (Å²) in [4.78, 5) is 48.1. The number of hydrogen-bond acceptors (Lipinski definition) is 6. The Labute approximate surface area is 258 Å². The Morgan fingerprint density at radius 2 is 1.50 bits per heavy atom. The van der Waals surface area contributed by atoms with Gasteiger partial charge in [-0.05, 0) is 46.2 Å². The first-order valence-corrected chi connectivity index (χ1v) is 16.1. The molecule has 2 aromatic carbocycles. The van der Waals surface area contributed by atoms with Crippen molar-refractivity contribution in [2.24, 2.45) is 5.92 Å². The number of carbonyl (C=O) groups is 3. The molecular formula is C33H30ClN3O3S2. The zero-order chi connectivity index (χ0) is 29.1. The molecule has 2 amide bonds. The number of nitrogens with one attached hydrogen (secondary N) is 1. The summed E-state index contributed by atoms with van der Waals surface area (Å²) in [5, 5.41) is 7.61. The zero-order valence-electron chi connectivity index (χ0n) is 22.8. The molecule has 9 heteroatoms. The molecule has 0 aliphatic carbocycles. The van der Waals surface area contributed by atoms with E-state index in [1.54, 1.807) is 23.1 Å². The Morgan fingerprint density at radius 3 is 2.14 bits per heavy atom. The second-order valence-electron chi connectivity index (χ2n) is 10.4. The average Bonchev–Trinajstić information content (AvgIpc) is 3.81. The van der Waals surface area contributed by atoms with Crippen molar-refractivity contribution in [3.05, 3.63) is 122 Å². The molecule has 4 aromatic rings. The predicted octanol–water partition coefficient (Wildman–Crippen LogP) is 6.08. The van der Waals surface area contributed by atoms with Gasteiger partial charge < -0.3 is 15.1 Å². The van der Waals surface area contributed by atoms with Crippen LogP contribution in [-0.2, 0) is 4.79 Å². The normalized spacial score (nSPS) is 22.5. The molecule has 4 unspecified atom stereocenters. The molecule has 2 saturated heterocycles. The Kier molecular flexibility index (Phi) is 8.67. The van der Waals surface area contributed by atoms with Crippen LogP contribution >= 0.6 is 34.3 Å². The van der Waals surface area contributed by atoms with Crippen LogP contribution in [0, 0.1) is 5.92 Å². The Morgan fingerprint density at radius 1 is 0.833 bits per heavy atom. The van der Waals surface area contributed by atoms with Crippen molar-refractivity contribution in [3.8, 4) is 0 Å². The number of ketones is 1. The third kappa shape index (κ3) is 5.72. The molecule has 6 nitrogen and oxygen atoms in total. The molecule has 2 fully saturated rings. The number of likely N-dealkylation sites (tertiary alicyclic amines) is 1. The maximum atomic E-state index is 14.6. The minimum absolute atomic E-state index is 0.0766. The molecule has 6 rings (SSSR count). The van der Waals surface area contributed by atoms with Gasteiger partial charge in [0, 0.05) is 37.1 Å². The van der Waals surface area contributed by atoms with Crippen molar-refractivity contribution >= 4 is 57.9 Å². The topological polar surface area (TPSA) is 69.7 Å². The number of benzene rings is 2. The Bertz CT molecular complexity index is 1550. The Hall–Kier alpha value is -3.56. The number of hydrogen-bond donors (Lipinski definition) is 1. The number of carbonyl (C=O) groups excluding carboxylic acids is 3. The molecule has 2 aliphatic heterocycles. The molecule has 214 valence electrons. The molecule has 42 heavy (non-hydrogen) atoms. The molecule has 0 saturated carbocycles. The third-order valence-corrected chi connectivity index (χ3v) is 9.97. The van der Waals surface area contributed by atoms with Crippen molar-refractivity contribution in [1.82, 2.24) is 15.1 Å². The minimum Gasteiger partial charge on any atom is -0.338 e. The minimum atomic E-state index is -0.877. The number of Topliss-reactive ketones (excluding diaryl/α,β-unsaturated/α-hetero) is 1. The van der Waals surface area contributed by atoms with E-state index in [2.05, 4.69) is 5.32 Å². The molecular weight excluding hydrogens is 586 g/mol. The highest BCUT2D eigenvalue weighted by atomic mass is 35.5. The van der Waals surface area contributed by atoms with Gasteiger partial charge in [-0.25, -0.2) is 0 Å². The summed E-state index contributed by atoms with van der Waals surface area (Å²) in [7, 11) is 0. The molecule has 0 radical (unpaired) electrons. The number of thiophene rings is 2. The number of nitrogens with zero attached hydrogens (tertiary/aromatic N) is 2. The first kappa shape index (κ1) is 28.6. The first-order valence-electron chi connectivity index (χ1n) is 13.9. The van der Waals surface area contributed by atoms with Crippen LogP contribution in [0.3, 0.4) is 0 Å². The number of amides is 2. The van der Waals surface area contributed by atoms with Gasteiger partial charge in [0.2, 0.25) is 5.91 Å². The lowest BCUT2D eigenvalue weighted by molar-refractivity contribution is -0.136. The SMILES string of the molecule is O=C(c1cccs1)C1C(c2ccc(Cl)cc2)C(C(=O)N2CCNCC2)N(C(=O)c2cccs2)C1C=Cc1ccccc1. The van der Waals surface area contributed by atoms with Gasteiger partial charge in [0.1, 0.15) is 6.04 Å². The average molecular weight is 616 g/mol. The van der Waals surface area contributed by atoms with Crippen molar-refractivity contribution in [2.75, 3.05) is 26.2 Å². The lowest BCUT2D eigenvalue weighted by atomic mass is 9.78. The first-order chi connectivity index (χ1) is 20.5. The second-order valence-corrected chi connectivity index (χ2v) is 12.7. The van der Waals surface area contributed by atoms with Crippen LogP contribution in [0.2, 0.25) is 5.02 Å². The van der Waals surface area contributed by atoms with Crippen LogP contribution in [0.15, 0.2) is 95.7 Å². The summed E-state index contributed by atoms with van der Waals surface area (Å²) >= 11 is 9.01. The summed E-state index contributed by atoms with van der Waals surface area (Å²) in [5.74, 6) is -1.73. The van der Waals surface area contributed by atoms with E-state index in [9.17, 15) is 14.4 Å². The van der Waals surface area contributed by atoms with Crippen LogP contribution in [0.25, 0.3) is 6.08 Å². The fourth-order valence-corrected chi connectivity index (χ4v) is 7.54. The maximum Gasteiger partial charge on any atom is 0.265 e. The largest absolute Gasteiger partial charge is 0.338 e. The second kappa shape index (κ2) is 12.8. The predicted molar refractivity (Wildman–Crippen MR) is 169 cm³/mol. The number of rotatable bonds is 7. The van der Waals surface area contributed by atoms with Crippen LogP contribution in [0.5, 0.6) is 0 Å². The molecule has 0 bridgehead atoms. The zero-order valence-corrected chi connectivity index (χ0v) is 25.2. The summed E-state index contributed by atoms with van der Waals surface area (Å²) in [6.45, 7) is 2.44. The highest BCUT2D eigenvalue weighted by Crippen LogP contribution is 2.47. The lowest BCUT2D eigenvalue weighted by Crippen LogP contribution is -2.55. The van der Waals surface area contributed by atoms with Crippen molar-refractivity contribution in [1.29, 1.82) is 0 Å². The fourth-order valence-electron chi connectivity index (χ4n) is 6.04. The van der Waals surface area contributed by atoms with E-state index in [1.807, 2.05) is 88.5 Å². The number of piperazine rings is 1. The lowest BCUT2D eigenvalue weighted by Gasteiger charge is -2.36. The van der Waals surface area contributed by atoms with Gasteiger partial charge in [0.15, 0.2) is 5.78 Å². The summed E-state index contributed by atoms with van der Waals surface area (Å²) in [6, 6.07) is 22.9. The van der Waals surface area contributed by atoms with Gasteiger partial charge in [-0.1, -0.05) is 78.4 Å². The molecule has 4 heterocycles. The molecule has 0 spiro atoms. The summed E-state index contributed by atoms with van der Waals surface area (Å²) in [6.07, 6.45) is 3.88. The quantitative estimate of drug-likeness (QED) is 0.256. The summed E-state index contributed by atoms with van der Waals surface area (Å²) < 4.78 is 0. The van der Waals surface area contributed by atoms with Crippen molar-refractivity contribution in [3.63, 3.8) is 0 Å². The van der Waals surface area contributed by atoms with E-state index in [-0.39, 0.29) is 17.6 Å². The van der Waals surface area contributed by atoms with E-state index in [4.69, 9.17) is 11.6 Å². The van der Waals surface area contributed by atoms with Gasteiger partial charge in [0.25, 0.3) is 5.91 Å². The molecule has 2 aliphatic rings.